The smallest absolute Gasteiger partial charge is 0.0420 e. The molecule has 2 atom stereocenters. The third kappa shape index (κ3) is 2.89. The van der Waals surface area contributed by atoms with Crippen LogP contribution in [0.3, 0.4) is 0 Å². The molecular weight excluding hydrogens is 268 g/mol. The molecule has 22 heavy (non-hydrogen) atoms. The van der Waals surface area contributed by atoms with Crippen LogP contribution in [-0.4, -0.2) is 37.1 Å². The Balaban J connectivity index is 1.39. The van der Waals surface area contributed by atoms with Crippen molar-refractivity contribution in [3.63, 3.8) is 0 Å². The first-order valence-electron chi connectivity index (χ1n) is 8.46. The summed E-state index contributed by atoms with van der Waals surface area (Å²) in [7, 11) is 0. The molecule has 0 aliphatic carbocycles. The lowest BCUT2D eigenvalue weighted by Gasteiger charge is -2.33. The summed E-state index contributed by atoms with van der Waals surface area (Å²) in [6, 6.07) is 22.5. The molecule has 2 aliphatic heterocycles. The number of piperidine rings is 1. The Morgan fingerprint density at radius 2 is 1.55 bits per heavy atom. The third-order valence-corrected chi connectivity index (χ3v) is 5.13. The summed E-state index contributed by atoms with van der Waals surface area (Å²) >= 11 is 0. The lowest BCUT2D eigenvalue weighted by atomic mass is 9.99. The molecule has 0 aromatic heterocycles. The van der Waals surface area contributed by atoms with Crippen molar-refractivity contribution in [2.45, 2.75) is 18.9 Å². The van der Waals surface area contributed by atoms with Crippen LogP contribution in [0.5, 0.6) is 0 Å². The zero-order valence-electron chi connectivity index (χ0n) is 13.1. The largest absolute Gasteiger partial charge is 0.367 e. The molecule has 0 radical (unpaired) electrons. The zero-order chi connectivity index (χ0) is 14.8. The van der Waals surface area contributed by atoms with Gasteiger partial charge in [-0.15, -0.1) is 0 Å². The number of anilines is 1. The van der Waals surface area contributed by atoms with Crippen LogP contribution in [-0.2, 0) is 6.42 Å². The number of para-hydroxylation sites is 1. The van der Waals surface area contributed by atoms with E-state index in [2.05, 4.69) is 70.5 Å². The minimum Gasteiger partial charge on any atom is -0.367 e. The first kappa shape index (κ1) is 13.8. The maximum Gasteiger partial charge on any atom is 0.0420 e. The monoisotopic (exact) mass is 292 g/mol. The van der Waals surface area contributed by atoms with Crippen molar-refractivity contribution in [2.75, 3.05) is 31.1 Å². The molecule has 0 spiro atoms. The second kappa shape index (κ2) is 6.13. The van der Waals surface area contributed by atoms with Crippen molar-refractivity contribution in [1.82, 2.24) is 4.90 Å². The van der Waals surface area contributed by atoms with Crippen LogP contribution in [0.1, 0.15) is 12.0 Å². The van der Waals surface area contributed by atoms with Crippen molar-refractivity contribution in [1.29, 1.82) is 0 Å². The fraction of sp³-hybridized carbons (Fsp3) is 0.400. The summed E-state index contributed by atoms with van der Waals surface area (Å²) in [6.07, 6.45) is 2.54. The van der Waals surface area contributed by atoms with Gasteiger partial charge in [0.25, 0.3) is 0 Å². The van der Waals surface area contributed by atoms with E-state index in [1.165, 1.54) is 50.3 Å². The summed E-state index contributed by atoms with van der Waals surface area (Å²) in [5, 5.41) is 0. The first-order valence-corrected chi connectivity index (χ1v) is 8.46. The highest BCUT2D eigenvalue weighted by atomic mass is 15.3. The van der Waals surface area contributed by atoms with Gasteiger partial charge in [-0.05, 0) is 36.5 Å². The standard InChI is InChI=1S/C20H24N2/c1-3-7-17(8-4-1)11-12-21-14-18-13-20(16-21)22(15-18)19-9-5-2-6-10-19/h1-10,18,20H,11-16H2/t18-,20+/m0/s1. The maximum atomic E-state index is 2.68. The van der Waals surface area contributed by atoms with Gasteiger partial charge < -0.3 is 9.80 Å². The lowest BCUT2D eigenvalue weighted by Crippen LogP contribution is -2.43. The van der Waals surface area contributed by atoms with Crippen LogP contribution in [0.4, 0.5) is 5.69 Å². The summed E-state index contributed by atoms with van der Waals surface area (Å²) in [6.45, 7) is 4.92. The van der Waals surface area contributed by atoms with E-state index in [1.54, 1.807) is 0 Å². The average Bonchev–Trinajstić information content (AvgIpc) is 2.89. The van der Waals surface area contributed by atoms with Gasteiger partial charge in [0, 0.05) is 37.9 Å². The van der Waals surface area contributed by atoms with E-state index in [9.17, 15) is 0 Å². The second-order valence-corrected chi connectivity index (χ2v) is 6.74. The molecule has 2 nitrogen and oxygen atoms in total. The normalized spacial score (nSPS) is 24.6. The fourth-order valence-electron chi connectivity index (χ4n) is 4.11. The van der Waals surface area contributed by atoms with E-state index in [-0.39, 0.29) is 0 Å². The Hall–Kier alpha value is -1.80. The highest BCUT2D eigenvalue weighted by Gasteiger charge is 2.38. The van der Waals surface area contributed by atoms with E-state index < -0.39 is 0 Å². The number of likely N-dealkylation sites (tertiary alicyclic amines) is 1. The summed E-state index contributed by atoms with van der Waals surface area (Å²) in [4.78, 5) is 5.31. The molecular formula is C20H24N2. The van der Waals surface area contributed by atoms with Crippen LogP contribution >= 0.6 is 0 Å². The molecule has 2 heterocycles. The SMILES string of the molecule is c1ccc(CCN2C[C@@H]3C[C@H](C2)N(c2ccccc2)C3)cc1. The van der Waals surface area contributed by atoms with Gasteiger partial charge in [-0.25, -0.2) is 0 Å². The number of hydrogen-bond donors (Lipinski definition) is 0. The zero-order valence-corrected chi connectivity index (χ0v) is 13.1. The fourth-order valence-corrected chi connectivity index (χ4v) is 4.11. The van der Waals surface area contributed by atoms with Crippen LogP contribution in [0.25, 0.3) is 0 Å². The average molecular weight is 292 g/mol. The molecule has 0 unspecified atom stereocenters. The minimum absolute atomic E-state index is 0.705. The van der Waals surface area contributed by atoms with Crippen molar-refractivity contribution in [3.05, 3.63) is 66.2 Å². The van der Waals surface area contributed by atoms with Gasteiger partial charge in [0.05, 0.1) is 0 Å². The van der Waals surface area contributed by atoms with E-state index >= 15 is 0 Å². The highest BCUT2D eigenvalue weighted by Crippen LogP contribution is 2.33. The molecule has 2 aromatic rings. The Labute approximate surface area is 133 Å². The number of nitrogens with zero attached hydrogens (tertiary/aromatic N) is 2. The summed E-state index contributed by atoms with van der Waals surface area (Å²) in [5.74, 6) is 0.842. The number of hydrogen-bond acceptors (Lipinski definition) is 2. The predicted molar refractivity (Wildman–Crippen MR) is 92.3 cm³/mol. The van der Waals surface area contributed by atoms with Gasteiger partial charge in [-0.1, -0.05) is 48.5 Å². The number of fused-ring (bicyclic) bond motifs is 2. The molecule has 2 saturated heterocycles. The number of rotatable bonds is 4. The van der Waals surface area contributed by atoms with Gasteiger partial charge in [0.1, 0.15) is 0 Å². The van der Waals surface area contributed by atoms with E-state index in [4.69, 9.17) is 0 Å². The Morgan fingerprint density at radius 1 is 0.818 bits per heavy atom. The predicted octanol–water partition coefficient (Wildman–Crippen LogP) is 3.44. The van der Waals surface area contributed by atoms with E-state index in [1.807, 2.05) is 0 Å². The molecule has 0 N–H and O–H groups in total. The molecule has 2 heteroatoms. The Kier molecular flexibility index (Phi) is 3.86. The van der Waals surface area contributed by atoms with Gasteiger partial charge in [0.15, 0.2) is 0 Å². The van der Waals surface area contributed by atoms with Crippen LogP contribution < -0.4 is 4.90 Å². The molecule has 4 rings (SSSR count). The van der Waals surface area contributed by atoms with Gasteiger partial charge in [0.2, 0.25) is 0 Å². The molecule has 0 amide bonds. The maximum absolute atomic E-state index is 2.68. The van der Waals surface area contributed by atoms with Crippen LogP contribution in [0, 0.1) is 5.92 Å². The molecule has 0 saturated carbocycles. The van der Waals surface area contributed by atoms with Crippen LogP contribution in [0.15, 0.2) is 60.7 Å². The second-order valence-electron chi connectivity index (χ2n) is 6.74. The lowest BCUT2D eigenvalue weighted by molar-refractivity contribution is 0.197. The highest BCUT2D eigenvalue weighted by molar-refractivity contribution is 5.48. The Morgan fingerprint density at radius 3 is 2.32 bits per heavy atom. The number of benzene rings is 2. The van der Waals surface area contributed by atoms with Gasteiger partial charge in [-0.2, -0.15) is 0 Å². The van der Waals surface area contributed by atoms with Crippen LogP contribution in [0.2, 0.25) is 0 Å². The molecule has 2 aliphatic rings. The first-order chi connectivity index (χ1) is 10.9. The molecule has 2 fully saturated rings. The quantitative estimate of drug-likeness (QED) is 0.852. The summed E-state index contributed by atoms with van der Waals surface area (Å²) < 4.78 is 0. The van der Waals surface area contributed by atoms with Crippen molar-refractivity contribution >= 4 is 5.69 Å². The molecule has 2 aromatic carbocycles. The summed E-state index contributed by atoms with van der Waals surface area (Å²) in [5.41, 5.74) is 2.86. The van der Waals surface area contributed by atoms with Gasteiger partial charge >= 0.3 is 0 Å². The molecule has 2 bridgehead atoms. The van der Waals surface area contributed by atoms with Crippen molar-refractivity contribution in [2.24, 2.45) is 5.92 Å². The van der Waals surface area contributed by atoms with E-state index in [0.717, 1.165) is 5.92 Å². The molecule has 114 valence electrons. The van der Waals surface area contributed by atoms with E-state index in [0.29, 0.717) is 6.04 Å². The van der Waals surface area contributed by atoms with Crippen molar-refractivity contribution < 1.29 is 0 Å². The Bertz CT molecular complexity index is 596. The van der Waals surface area contributed by atoms with Gasteiger partial charge in [-0.3, -0.25) is 0 Å². The third-order valence-electron chi connectivity index (χ3n) is 5.13. The van der Waals surface area contributed by atoms with Crippen molar-refractivity contribution in [3.8, 4) is 0 Å². The topological polar surface area (TPSA) is 6.48 Å². The minimum atomic E-state index is 0.705.